The first-order valence-electron chi connectivity index (χ1n) is 6.95. The molecule has 1 aliphatic rings. The lowest BCUT2D eigenvalue weighted by Gasteiger charge is -2.23. The normalized spacial score (nSPS) is 14.9. The molecule has 0 aliphatic carbocycles. The van der Waals surface area contributed by atoms with Gasteiger partial charge in [-0.3, -0.25) is 4.79 Å². The molecule has 2 N–H and O–H groups in total. The monoisotopic (exact) mass is 266 g/mol. The summed E-state index contributed by atoms with van der Waals surface area (Å²) in [7, 11) is 0. The standard InChI is InChI=1S/C17H18N2O/c18-12-15(13-6-2-1-3-7-13)17(20)19-11-10-14-8-4-5-9-16(14)19/h1-9,15H,10-12,18H2. The molecule has 0 bridgehead atoms. The number of para-hydroxylation sites is 1. The average molecular weight is 266 g/mol. The number of carbonyl (C=O) groups excluding carboxylic acids is 1. The summed E-state index contributed by atoms with van der Waals surface area (Å²) in [6, 6.07) is 17.9. The Hall–Kier alpha value is -2.13. The van der Waals surface area contributed by atoms with Crippen molar-refractivity contribution in [2.45, 2.75) is 12.3 Å². The average Bonchev–Trinajstić information content (AvgIpc) is 2.93. The maximum atomic E-state index is 12.8. The van der Waals surface area contributed by atoms with Crippen LogP contribution >= 0.6 is 0 Å². The maximum Gasteiger partial charge on any atom is 0.235 e. The second kappa shape index (κ2) is 5.47. The smallest absolute Gasteiger partial charge is 0.235 e. The summed E-state index contributed by atoms with van der Waals surface area (Å²) in [5.74, 6) is -0.161. The fourth-order valence-corrected chi connectivity index (χ4v) is 2.82. The van der Waals surface area contributed by atoms with Gasteiger partial charge < -0.3 is 10.6 Å². The van der Waals surface area contributed by atoms with Crippen LogP contribution in [0.4, 0.5) is 5.69 Å². The fraction of sp³-hybridized carbons (Fsp3) is 0.235. The molecule has 3 heteroatoms. The van der Waals surface area contributed by atoms with E-state index in [0.29, 0.717) is 6.54 Å². The van der Waals surface area contributed by atoms with Gasteiger partial charge in [0.25, 0.3) is 0 Å². The van der Waals surface area contributed by atoms with Gasteiger partial charge in [-0.15, -0.1) is 0 Å². The molecular formula is C17H18N2O. The number of amides is 1. The van der Waals surface area contributed by atoms with Crippen molar-refractivity contribution in [3.8, 4) is 0 Å². The van der Waals surface area contributed by atoms with Crippen LogP contribution in [0.5, 0.6) is 0 Å². The Morgan fingerprint density at radius 1 is 1.10 bits per heavy atom. The lowest BCUT2D eigenvalue weighted by molar-refractivity contribution is -0.119. The minimum absolute atomic E-state index is 0.101. The van der Waals surface area contributed by atoms with E-state index in [1.54, 1.807) is 0 Å². The SMILES string of the molecule is NCC(C(=O)N1CCc2ccccc21)c1ccccc1. The first-order chi connectivity index (χ1) is 9.81. The van der Waals surface area contributed by atoms with Crippen LogP contribution in [0.25, 0.3) is 0 Å². The van der Waals surface area contributed by atoms with Crippen molar-refractivity contribution < 1.29 is 4.79 Å². The lowest BCUT2D eigenvalue weighted by Crippen LogP contribution is -2.36. The molecule has 1 atom stereocenters. The van der Waals surface area contributed by atoms with Crippen LogP contribution in [0.3, 0.4) is 0 Å². The number of nitrogens with zero attached hydrogens (tertiary/aromatic N) is 1. The van der Waals surface area contributed by atoms with Crippen molar-refractivity contribution in [2.75, 3.05) is 18.0 Å². The van der Waals surface area contributed by atoms with Gasteiger partial charge in [0.05, 0.1) is 5.92 Å². The highest BCUT2D eigenvalue weighted by Crippen LogP contribution is 2.30. The van der Waals surface area contributed by atoms with E-state index in [0.717, 1.165) is 24.2 Å². The Bertz CT molecular complexity index is 605. The van der Waals surface area contributed by atoms with E-state index in [2.05, 4.69) is 6.07 Å². The Kier molecular flexibility index (Phi) is 3.52. The third-order valence-electron chi connectivity index (χ3n) is 3.89. The van der Waals surface area contributed by atoms with Gasteiger partial charge in [-0.1, -0.05) is 48.5 Å². The van der Waals surface area contributed by atoms with Gasteiger partial charge in [-0.2, -0.15) is 0 Å². The summed E-state index contributed by atoms with van der Waals surface area (Å²) in [6.07, 6.45) is 0.925. The molecule has 1 heterocycles. The number of nitrogens with two attached hydrogens (primary N) is 1. The number of benzene rings is 2. The Balaban J connectivity index is 1.89. The number of carbonyl (C=O) groups is 1. The summed E-state index contributed by atoms with van der Waals surface area (Å²) >= 11 is 0. The highest BCUT2D eigenvalue weighted by atomic mass is 16.2. The van der Waals surface area contributed by atoms with Gasteiger partial charge in [0, 0.05) is 18.8 Å². The first-order valence-corrected chi connectivity index (χ1v) is 6.95. The van der Waals surface area contributed by atoms with Crippen LogP contribution in [-0.4, -0.2) is 19.0 Å². The molecule has 102 valence electrons. The predicted molar refractivity (Wildman–Crippen MR) is 80.7 cm³/mol. The van der Waals surface area contributed by atoms with E-state index in [-0.39, 0.29) is 11.8 Å². The van der Waals surface area contributed by atoms with Crippen molar-refractivity contribution >= 4 is 11.6 Å². The highest BCUT2D eigenvalue weighted by Gasteiger charge is 2.29. The number of hydrogen-bond acceptors (Lipinski definition) is 2. The van der Waals surface area contributed by atoms with Crippen molar-refractivity contribution in [1.82, 2.24) is 0 Å². The van der Waals surface area contributed by atoms with E-state index in [4.69, 9.17) is 5.73 Å². The lowest BCUT2D eigenvalue weighted by atomic mass is 9.97. The van der Waals surface area contributed by atoms with Crippen LogP contribution in [0.2, 0.25) is 0 Å². The minimum Gasteiger partial charge on any atom is -0.329 e. The Labute approximate surface area is 119 Å². The second-order valence-electron chi connectivity index (χ2n) is 5.07. The van der Waals surface area contributed by atoms with Crippen LogP contribution in [0.15, 0.2) is 54.6 Å². The molecule has 3 nitrogen and oxygen atoms in total. The number of rotatable bonds is 3. The van der Waals surface area contributed by atoms with Crippen LogP contribution < -0.4 is 10.6 Å². The van der Waals surface area contributed by atoms with Gasteiger partial charge >= 0.3 is 0 Å². The Morgan fingerprint density at radius 3 is 2.55 bits per heavy atom. The third-order valence-corrected chi connectivity index (χ3v) is 3.89. The van der Waals surface area contributed by atoms with E-state index < -0.39 is 0 Å². The topological polar surface area (TPSA) is 46.3 Å². The van der Waals surface area contributed by atoms with E-state index in [9.17, 15) is 4.79 Å². The molecule has 20 heavy (non-hydrogen) atoms. The molecule has 0 spiro atoms. The Morgan fingerprint density at radius 2 is 1.80 bits per heavy atom. The molecule has 2 aromatic carbocycles. The number of fused-ring (bicyclic) bond motifs is 1. The summed E-state index contributed by atoms with van der Waals surface area (Å²) in [5, 5.41) is 0. The van der Waals surface area contributed by atoms with Crippen LogP contribution in [0.1, 0.15) is 17.0 Å². The van der Waals surface area contributed by atoms with E-state index in [1.165, 1.54) is 5.56 Å². The molecule has 2 aromatic rings. The van der Waals surface area contributed by atoms with Gasteiger partial charge in [-0.25, -0.2) is 0 Å². The molecule has 3 rings (SSSR count). The number of hydrogen-bond donors (Lipinski definition) is 1. The molecule has 0 aromatic heterocycles. The second-order valence-corrected chi connectivity index (χ2v) is 5.07. The van der Waals surface area contributed by atoms with Crippen LogP contribution in [0, 0.1) is 0 Å². The van der Waals surface area contributed by atoms with Crippen molar-refractivity contribution in [3.05, 3.63) is 65.7 Å². The summed E-state index contributed by atoms with van der Waals surface area (Å²) in [5.41, 5.74) is 9.11. The van der Waals surface area contributed by atoms with E-state index >= 15 is 0 Å². The molecule has 0 radical (unpaired) electrons. The largest absolute Gasteiger partial charge is 0.329 e. The third kappa shape index (κ3) is 2.21. The van der Waals surface area contributed by atoms with E-state index in [1.807, 2.05) is 53.4 Å². The fourth-order valence-electron chi connectivity index (χ4n) is 2.82. The molecule has 0 fully saturated rings. The minimum atomic E-state index is -0.262. The van der Waals surface area contributed by atoms with Crippen molar-refractivity contribution in [3.63, 3.8) is 0 Å². The summed E-state index contributed by atoms with van der Waals surface area (Å²) < 4.78 is 0. The molecular weight excluding hydrogens is 248 g/mol. The number of anilines is 1. The zero-order valence-corrected chi connectivity index (χ0v) is 11.3. The van der Waals surface area contributed by atoms with Crippen LogP contribution in [-0.2, 0) is 11.2 Å². The van der Waals surface area contributed by atoms with Crippen molar-refractivity contribution in [2.24, 2.45) is 5.73 Å². The maximum absolute atomic E-state index is 12.8. The quantitative estimate of drug-likeness (QED) is 0.926. The van der Waals surface area contributed by atoms with Gasteiger partial charge in [0.2, 0.25) is 5.91 Å². The van der Waals surface area contributed by atoms with Gasteiger partial charge in [0.15, 0.2) is 0 Å². The van der Waals surface area contributed by atoms with Gasteiger partial charge in [0.1, 0.15) is 0 Å². The summed E-state index contributed by atoms with van der Waals surface area (Å²) in [4.78, 5) is 14.7. The first kappa shape index (κ1) is 12.9. The predicted octanol–water partition coefficient (Wildman–Crippen LogP) is 2.32. The van der Waals surface area contributed by atoms with Crippen molar-refractivity contribution in [1.29, 1.82) is 0 Å². The zero-order valence-electron chi connectivity index (χ0n) is 11.3. The molecule has 0 saturated heterocycles. The molecule has 1 unspecified atom stereocenters. The molecule has 1 amide bonds. The summed E-state index contributed by atoms with van der Waals surface area (Å²) in [6.45, 7) is 1.09. The highest BCUT2D eigenvalue weighted by molar-refractivity contribution is 5.99. The molecule has 0 saturated carbocycles. The van der Waals surface area contributed by atoms with Gasteiger partial charge in [-0.05, 0) is 23.6 Å². The molecule has 1 aliphatic heterocycles. The zero-order chi connectivity index (χ0) is 13.9.